The molecule has 0 aliphatic carbocycles. The monoisotopic (exact) mass is 392 g/mol. The van der Waals surface area contributed by atoms with Gasteiger partial charge in [-0.05, 0) is 34.9 Å². The summed E-state index contributed by atoms with van der Waals surface area (Å²) < 4.78 is 25.2. The average molecular weight is 392 g/mol. The third-order valence-electron chi connectivity index (χ3n) is 4.55. The van der Waals surface area contributed by atoms with Crippen molar-refractivity contribution in [2.24, 2.45) is 5.73 Å². The molecule has 0 saturated carbocycles. The molecule has 142 valence electrons. The Morgan fingerprint density at radius 2 is 1.68 bits per heavy atom. The van der Waals surface area contributed by atoms with Gasteiger partial charge in [0, 0.05) is 41.1 Å². The van der Waals surface area contributed by atoms with Crippen molar-refractivity contribution < 1.29 is 8.42 Å². The third-order valence-corrected chi connectivity index (χ3v) is 5.16. The summed E-state index contributed by atoms with van der Waals surface area (Å²) in [5.41, 5.74) is 12.2. The fourth-order valence-corrected chi connectivity index (χ4v) is 3.73. The predicted molar refractivity (Wildman–Crippen MR) is 113 cm³/mol. The highest BCUT2D eigenvalue weighted by molar-refractivity contribution is 7.92. The number of H-pyrrole nitrogens is 1. The topological polar surface area (TPSA) is 101 Å². The van der Waals surface area contributed by atoms with Crippen LogP contribution in [0, 0.1) is 0 Å². The van der Waals surface area contributed by atoms with Gasteiger partial charge in [0.05, 0.1) is 6.26 Å². The number of rotatable bonds is 5. The highest BCUT2D eigenvalue weighted by atomic mass is 32.2. The molecule has 2 aromatic carbocycles. The lowest BCUT2D eigenvalue weighted by Gasteiger charge is -2.07. The number of aromatic amines is 1. The van der Waals surface area contributed by atoms with E-state index in [1.807, 2.05) is 30.5 Å². The Bertz CT molecular complexity index is 1230. The molecule has 0 amide bonds. The number of aromatic nitrogens is 2. The van der Waals surface area contributed by atoms with Crippen LogP contribution in [0.2, 0.25) is 0 Å². The molecule has 4 aromatic rings. The van der Waals surface area contributed by atoms with E-state index in [2.05, 4.69) is 32.9 Å². The molecular weight excluding hydrogens is 372 g/mol. The summed E-state index contributed by atoms with van der Waals surface area (Å²) >= 11 is 0. The third kappa shape index (κ3) is 3.76. The molecule has 2 heterocycles. The Kier molecular flexibility index (Phi) is 4.62. The molecule has 2 aromatic heterocycles. The van der Waals surface area contributed by atoms with E-state index < -0.39 is 10.0 Å². The number of anilines is 1. The van der Waals surface area contributed by atoms with Gasteiger partial charge < -0.3 is 10.7 Å². The number of sulfonamides is 1. The fraction of sp³-hybridized carbons (Fsp3) is 0.0952. The largest absolute Gasteiger partial charge is 0.346 e. The Hall–Kier alpha value is -3.16. The van der Waals surface area contributed by atoms with E-state index in [4.69, 9.17) is 5.73 Å². The first-order chi connectivity index (χ1) is 13.4. The summed E-state index contributed by atoms with van der Waals surface area (Å²) in [5.74, 6) is 0. The molecule has 0 spiro atoms. The summed E-state index contributed by atoms with van der Waals surface area (Å²) in [4.78, 5) is 7.75. The number of nitrogens with one attached hydrogen (secondary N) is 2. The van der Waals surface area contributed by atoms with E-state index in [1.54, 1.807) is 18.3 Å². The summed E-state index contributed by atoms with van der Waals surface area (Å²) in [5, 5.41) is 1.02. The molecule has 7 heteroatoms. The van der Waals surface area contributed by atoms with Crippen molar-refractivity contribution in [1.29, 1.82) is 0 Å². The fourth-order valence-electron chi connectivity index (χ4n) is 3.17. The number of hydrogen-bond acceptors (Lipinski definition) is 4. The molecule has 4 rings (SSSR count). The first-order valence-electron chi connectivity index (χ1n) is 8.78. The smallest absolute Gasteiger partial charge is 0.229 e. The first kappa shape index (κ1) is 18.2. The van der Waals surface area contributed by atoms with Crippen molar-refractivity contribution in [3.63, 3.8) is 0 Å². The summed E-state index contributed by atoms with van der Waals surface area (Å²) in [6.45, 7) is 0.518. The highest BCUT2D eigenvalue weighted by Crippen LogP contribution is 2.31. The number of hydrogen-bond donors (Lipinski definition) is 3. The summed E-state index contributed by atoms with van der Waals surface area (Å²) in [6, 6.07) is 17.5. The van der Waals surface area contributed by atoms with Crippen LogP contribution >= 0.6 is 0 Å². The van der Waals surface area contributed by atoms with Crippen LogP contribution in [0.25, 0.3) is 33.3 Å². The zero-order chi connectivity index (χ0) is 19.7. The molecule has 0 radical (unpaired) electrons. The molecule has 0 unspecified atom stereocenters. The van der Waals surface area contributed by atoms with E-state index in [0.717, 1.165) is 45.1 Å². The number of benzene rings is 2. The molecule has 0 atom stereocenters. The van der Waals surface area contributed by atoms with Crippen LogP contribution in [0.4, 0.5) is 5.69 Å². The molecule has 0 saturated heterocycles. The standard InChI is InChI=1S/C21H20N4O2S/c1-28(26,27)25-18-8-6-15(7-9-18)17-10-19-20(13-24-21(19)23-12-17)16-4-2-14(11-22)3-5-16/h2-10,12-13,25H,11,22H2,1H3,(H,23,24). The second-order valence-electron chi connectivity index (χ2n) is 6.68. The number of fused-ring (bicyclic) bond motifs is 1. The highest BCUT2D eigenvalue weighted by Gasteiger charge is 2.10. The lowest BCUT2D eigenvalue weighted by molar-refractivity contribution is 0.607. The number of pyridine rings is 1. The second-order valence-corrected chi connectivity index (χ2v) is 8.42. The van der Waals surface area contributed by atoms with E-state index in [0.29, 0.717) is 12.2 Å². The Labute approximate surface area is 163 Å². The van der Waals surface area contributed by atoms with Gasteiger partial charge in [0.2, 0.25) is 10.0 Å². The Balaban J connectivity index is 1.71. The van der Waals surface area contributed by atoms with Crippen molar-refractivity contribution in [2.45, 2.75) is 6.54 Å². The van der Waals surface area contributed by atoms with Crippen LogP contribution in [-0.2, 0) is 16.6 Å². The van der Waals surface area contributed by atoms with Crippen molar-refractivity contribution in [1.82, 2.24) is 9.97 Å². The van der Waals surface area contributed by atoms with Crippen molar-refractivity contribution in [3.05, 3.63) is 72.6 Å². The van der Waals surface area contributed by atoms with Gasteiger partial charge in [0.25, 0.3) is 0 Å². The van der Waals surface area contributed by atoms with E-state index in [1.165, 1.54) is 0 Å². The molecule has 0 fully saturated rings. The molecule has 4 N–H and O–H groups in total. The van der Waals surface area contributed by atoms with Crippen LogP contribution < -0.4 is 10.5 Å². The Morgan fingerprint density at radius 3 is 2.32 bits per heavy atom. The lowest BCUT2D eigenvalue weighted by atomic mass is 10.0. The summed E-state index contributed by atoms with van der Waals surface area (Å²) in [7, 11) is -3.29. The van der Waals surface area contributed by atoms with Gasteiger partial charge in [-0.3, -0.25) is 4.72 Å². The van der Waals surface area contributed by atoms with E-state index in [-0.39, 0.29) is 0 Å². The van der Waals surface area contributed by atoms with E-state index >= 15 is 0 Å². The maximum absolute atomic E-state index is 11.4. The second kappa shape index (κ2) is 7.10. The van der Waals surface area contributed by atoms with Crippen LogP contribution in [0.1, 0.15) is 5.56 Å². The van der Waals surface area contributed by atoms with Crippen molar-refractivity contribution in [3.8, 4) is 22.3 Å². The zero-order valence-electron chi connectivity index (χ0n) is 15.3. The Morgan fingerprint density at radius 1 is 1.00 bits per heavy atom. The van der Waals surface area contributed by atoms with Gasteiger partial charge in [-0.2, -0.15) is 0 Å². The van der Waals surface area contributed by atoms with Crippen molar-refractivity contribution in [2.75, 3.05) is 11.0 Å². The minimum Gasteiger partial charge on any atom is -0.346 e. The molecule has 6 nitrogen and oxygen atoms in total. The van der Waals surface area contributed by atoms with Gasteiger partial charge in [0.15, 0.2) is 0 Å². The van der Waals surface area contributed by atoms with Gasteiger partial charge in [-0.25, -0.2) is 13.4 Å². The van der Waals surface area contributed by atoms with Gasteiger partial charge in [0.1, 0.15) is 5.65 Å². The zero-order valence-corrected chi connectivity index (χ0v) is 16.1. The molecule has 0 aliphatic heterocycles. The van der Waals surface area contributed by atoms with Gasteiger partial charge in [-0.1, -0.05) is 36.4 Å². The molecule has 0 bridgehead atoms. The maximum atomic E-state index is 11.4. The SMILES string of the molecule is CS(=O)(=O)Nc1ccc(-c2cnc3[nH]cc(-c4ccc(CN)cc4)c3c2)cc1. The average Bonchev–Trinajstić information content (AvgIpc) is 3.10. The summed E-state index contributed by atoms with van der Waals surface area (Å²) in [6.07, 6.45) is 4.89. The van der Waals surface area contributed by atoms with E-state index in [9.17, 15) is 8.42 Å². The molecule has 0 aliphatic rings. The predicted octanol–water partition coefficient (Wildman–Crippen LogP) is 3.73. The van der Waals surface area contributed by atoms with Crippen LogP contribution in [-0.4, -0.2) is 24.6 Å². The van der Waals surface area contributed by atoms with Crippen LogP contribution in [0.15, 0.2) is 67.0 Å². The minimum absolute atomic E-state index is 0.518. The minimum atomic E-state index is -3.29. The normalized spacial score (nSPS) is 11.6. The molecule has 28 heavy (non-hydrogen) atoms. The number of nitrogens with two attached hydrogens (primary N) is 1. The van der Waals surface area contributed by atoms with Crippen molar-refractivity contribution >= 4 is 26.7 Å². The maximum Gasteiger partial charge on any atom is 0.229 e. The number of nitrogens with zero attached hydrogens (tertiary/aromatic N) is 1. The van der Waals surface area contributed by atoms with Crippen LogP contribution in [0.3, 0.4) is 0 Å². The van der Waals surface area contributed by atoms with Gasteiger partial charge in [-0.15, -0.1) is 0 Å². The lowest BCUT2D eigenvalue weighted by Crippen LogP contribution is -2.09. The quantitative estimate of drug-likeness (QED) is 0.482. The molecular formula is C21H20N4O2S. The van der Waals surface area contributed by atoms with Gasteiger partial charge >= 0.3 is 0 Å². The first-order valence-corrected chi connectivity index (χ1v) is 10.7. The van der Waals surface area contributed by atoms with Crippen LogP contribution in [0.5, 0.6) is 0 Å².